The molecule has 0 spiro atoms. The maximum Gasteiger partial charge on any atom is 0.271 e. The second-order valence-corrected chi connectivity index (χ2v) is 6.66. The van der Waals surface area contributed by atoms with E-state index in [0.29, 0.717) is 17.9 Å². The summed E-state index contributed by atoms with van der Waals surface area (Å²) in [5, 5.41) is 6.63. The smallest absolute Gasteiger partial charge is 0.271 e. The molecule has 0 saturated carbocycles. The number of anilines is 1. The van der Waals surface area contributed by atoms with E-state index in [9.17, 15) is 9.59 Å². The molecule has 0 fully saturated rings. The molecule has 3 aromatic rings. The van der Waals surface area contributed by atoms with Crippen LogP contribution in [0.1, 0.15) is 28.4 Å². The summed E-state index contributed by atoms with van der Waals surface area (Å²) in [4.78, 5) is 23.2. The van der Waals surface area contributed by atoms with Gasteiger partial charge in [-0.05, 0) is 71.8 Å². The number of carbonyl (C=O) groups excluding carboxylic acids is 2. The second-order valence-electron chi connectivity index (χ2n) is 6.66. The molecule has 3 rings (SSSR count). The second kappa shape index (κ2) is 10.6. The van der Waals surface area contributed by atoms with Gasteiger partial charge >= 0.3 is 0 Å². The van der Waals surface area contributed by atoms with E-state index >= 15 is 0 Å². The molecular weight excluding hydrogens is 394 g/mol. The maximum absolute atomic E-state index is 12.1. The number of amides is 2. The molecule has 31 heavy (non-hydrogen) atoms. The van der Waals surface area contributed by atoms with Gasteiger partial charge in [0.1, 0.15) is 18.1 Å². The average molecular weight is 417 g/mol. The third-order valence-electron chi connectivity index (χ3n) is 4.29. The zero-order chi connectivity index (χ0) is 22.1. The van der Waals surface area contributed by atoms with E-state index in [4.69, 9.17) is 9.47 Å². The number of hydrogen-bond acceptors (Lipinski definition) is 5. The van der Waals surface area contributed by atoms with E-state index < -0.39 is 0 Å². The van der Waals surface area contributed by atoms with Crippen molar-refractivity contribution in [2.45, 2.75) is 13.5 Å². The fourth-order valence-corrected chi connectivity index (χ4v) is 2.68. The highest BCUT2D eigenvalue weighted by Gasteiger charge is 2.04. The highest BCUT2D eigenvalue weighted by atomic mass is 16.5. The largest absolute Gasteiger partial charge is 0.497 e. The Morgan fingerprint density at radius 3 is 2.16 bits per heavy atom. The van der Waals surface area contributed by atoms with Crippen molar-refractivity contribution in [2.24, 2.45) is 5.10 Å². The molecule has 2 amide bonds. The first-order chi connectivity index (χ1) is 15.0. The lowest BCUT2D eigenvalue weighted by Gasteiger charge is -2.07. The molecule has 0 aliphatic carbocycles. The third-order valence-corrected chi connectivity index (χ3v) is 4.29. The Morgan fingerprint density at radius 1 is 0.903 bits per heavy atom. The third kappa shape index (κ3) is 6.71. The lowest BCUT2D eigenvalue weighted by Crippen LogP contribution is -2.17. The molecule has 7 nitrogen and oxygen atoms in total. The minimum absolute atomic E-state index is 0.168. The molecule has 0 aliphatic heterocycles. The van der Waals surface area contributed by atoms with Gasteiger partial charge in [0, 0.05) is 18.2 Å². The first-order valence-electron chi connectivity index (χ1n) is 9.60. The number of rotatable bonds is 8. The lowest BCUT2D eigenvalue weighted by atomic mass is 10.2. The molecule has 158 valence electrons. The van der Waals surface area contributed by atoms with Gasteiger partial charge in [0.25, 0.3) is 5.91 Å². The van der Waals surface area contributed by atoms with Crippen molar-refractivity contribution in [3.05, 3.63) is 89.5 Å². The Bertz CT molecular complexity index is 1040. The summed E-state index contributed by atoms with van der Waals surface area (Å²) in [5.41, 5.74) is 5.40. The van der Waals surface area contributed by atoms with Gasteiger partial charge in [-0.1, -0.05) is 12.1 Å². The van der Waals surface area contributed by atoms with Crippen LogP contribution in [0.5, 0.6) is 11.5 Å². The van der Waals surface area contributed by atoms with Crippen LogP contribution in [0.15, 0.2) is 77.9 Å². The van der Waals surface area contributed by atoms with E-state index in [1.807, 2.05) is 48.5 Å². The van der Waals surface area contributed by atoms with Crippen LogP contribution < -0.4 is 20.2 Å². The van der Waals surface area contributed by atoms with Crippen molar-refractivity contribution >= 4 is 23.7 Å². The van der Waals surface area contributed by atoms with Crippen LogP contribution in [0.25, 0.3) is 0 Å². The number of hydrazone groups is 1. The van der Waals surface area contributed by atoms with E-state index in [2.05, 4.69) is 15.8 Å². The van der Waals surface area contributed by atoms with Crippen LogP contribution in [-0.2, 0) is 11.4 Å². The van der Waals surface area contributed by atoms with Gasteiger partial charge in [0.15, 0.2) is 0 Å². The first kappa shape index (κ1) is 21.6. The number of nitrogens with one attached hydrogen (secondary N) is 2. The van der Waals surface area contributed by atoms with Gasteiger partial charge in [-0.25, -0.2) is 5.43 Å². The molecule has 0 unspecified atom stereocenters. The van der Waals surface area contributed by atoms with Crippen LogP contribution in [-0.4, -0.2) is 25.1 Å². The molecule has 0 bridgehead atoms. The monoisotopic (exact) mass is 417 g/mol. The minimum atomic E-state index is -0.343. The predicted molar refractivity (Wildman–Crippen MR) is 120 cm³/mol. The van der Waals surface area contributed by atoms with Crippen molar-refractivity contribution in [1.29, 1.82) is 0 Å². The Kier molecular flexibility index (Phi) is 7.37. The molecule has 2 N–H and O–H groups in total. The van der Waals surface area contributed by atoms with Gasteiger partial charge in [-0.3, -0.25) is 9.59 Å². The van der Waals surface area contributed by atoms with Crippen molar-refractivity contribution in [3.63, 3.8) is 0 Å². The highest BCUT2D eigenvalue weighted by molar-refractivity contribution is 5.96. The Labute approximate surface area is 180 Å². The molecule has 3 aromatic carbocycles. The number of nitrogens with zero attached hydrogens (tertiary/aromatic N) is 1. The maximum atomic E-state index is 12.1. The first-order valence-corrected chi connectivity index (χ1v) is 9.60. The molecule has 0 atom stereocenters. The van der Waals surface area contributed by atoms with Crippen molar-refractivity contribution in [2.75, 3.05) is 12.4 Å². The number of carbonyl (C=O) groups is 2. The van der Waals surface area contributed by atoms with Gasteiger partial charge in [-0.2, -0.15) is 5.10 Å². The van der Waals surface area contributed by atoms with Gasteiger partial charge < -0.3 is 14.8 Å². The zero-order valence-corrected chi connectivity index (χ0v) is 17.3. The van der Waals surface area contributed by atoms with E-state index in [0.717, 1.165) is 22.6 Å². The summed E-state index contributed by atoms with van der Waals surface area (Å²) in [6, 6.07) is 21.6. The summed E-state index contributed by atoms with van der Waals surface area (Å²) in [6.45, 7) is 1.88. The van der Waals surface area contributed by atoms with E-state index in [1.54, 1.807) is 37.6 Å². The van der Waals surface area contributed by atoms with Crippen LogP contribution in [0, 0.1) is 0 Å². The van der Waals surface area contributed by atoms with Gasteiger partial charge in [0.05, 0.1) is 13.3 Å². The summed E-state index contributed by atoms with van der Waals surface area (Å²) in [7, 11) is 1.63. The molecule has 0 aromatic heterocycles. The summed E-state index contributed by atoms with van der Waals surface area (Å²) >= 11 is 0. The SMILES string of the molecule is COc1ccc(COc2ccc(/C=N\NC(=O)c3ccc(NC(C)=O)cc3)cc2)cc1. The Morgan fingerprint density at radius 2 is 1.55 bits per heavy atom. The van der Waals surface area contributed by atoms with Crippen molar-refractivity contribution in [3.8, 4) is 11.5 Å². The van der Waals surface area contributed by atoms with Crippen LogP contribution >= 0.6 is 0 Å². The van der Waals surface area contributed by atoms with Gasteiger partial charge in [0.2, 0.25) is 5.91 Å². The van der Waals surface area contributed by atoms with Crippen LogP contribution in [0.2, 0.25) is 0 Å². The number of methoxy groups -OCH3 is 1. The molecule has 0 saturated heterocycles. The van der Waals surface area contributed by atoms with Gasteiger partial charge in [-0.15, -0.1) is 0 Å². The Balaban J connectivity index is 1.48. The molecule has 7 heteroatoms. The van der Waals surface area contributed by atoms with E-state index in [1.165, 1.54) is 6.92 Å². The average Bonchev–Trinajstić information content (AvgIpc) is 2.79. The predicted octanol–water partition coefficient (Wildman–Crippen LogP) is 4.00. The van der Waals surface area contributed by atoms with E-state index in [-0.39, 0.29) is 11.8 Å². The topological polar surface area (TPSA) is 89.0 Å². The normalized spacial score (nSPS) is 10.5. The summed E-state index contributed by atoms with van der Waals surface area (Å²) in [6.07, 6.45) is 1.55. The molecular formula is C24H23N3O4. The number of ether oxygens (including phenoxy) is 2. The summed E-state index contributed by atoms with van der Waals surface area (Å²) in [5.74, 6) is 1.03. The van der Waals surface area contributed by atoms with Crippen molar-refractivity contribution in [1.82, 2.24) is 5.43 Å². The zero-order valence-electron chi connectivity index (χ0n) is 17.3. The molecule has 0 aliphatic rings. The van der Waals surface area contributed by atoms with Crippen molar-refractivity contribution < 1.29 is 19.1 Å². The Hall–Kier alpha value is -4.13. The summed E-state index contributed by atoms with van der Waals surface area (Å²) < 4.78 is 10.9. The number of hydrogen-bond donors (Lipinski definition) is 2. The van der Waals surface area contributed by atoms with Crippen LogP contribution in [0.3, 0.4) is 0 Å². The number of benzene rings is 3. The fourth-order valence-electron chi connectivity index (χ4n) is 2.68. The lowest BCUT2D eigenvalue weighted by molar-refractivity contribution is -0.114. The van der Waals surface area contributed by atoms with Crippen LogP contribution in [0.4, 0.5) is 5.69 Å². The standard InChI is InChI=1S/C24H23N3O4/c1-17(28)26-21-9-7-20(8-10-21)24(29)27-25-15-18-3-13-23(14-4-18)31-16-19-5-11-22(30-2)12-6-19/h3-15H,16H2,1-2H3,(H,26,28)(H,27,29)/b25-15-. The quantitative estimate of drug-likeness (QED) is 0.428. The molecule has 0 radical (unpaired) electrons. The fraction of sp³-hybridized carbons (Fsp3) is 0.125. The molecule has 0 heterocycles. The highest BCUT2D eigenvalue weighted by Crippen LogP contribution is 2.16. The minimum Gasteiger partial charge on any atom is -0.497 e.